The average Bonchev–Trinajstić information content (AvgIpc) is 2.94. The fraction of sp³-hybridized carbons (Fsp3) is 0.762. The quantitative estimate of drug-likeness (QED) is 0.652. The molecule has 7 atom stereocenters. The molecule has 5 unspecified atom stereocenters. The molecule has 0 aromatic rings. The molecule has 0 heterocycles. The highest BCUT2D eigenvalue weighted by molar-refractivity contribution is 5.79. The summed E-state index contributed by atoms with van der Waals surface area (Å²) >= 11 is 0. The average molecular weight is 298 g/mol. The third kappa shape index (κ3) is 1.93. The molecule has 1 nitrogen and oxygen atoms in total. The standard InChI is InChI=1S/C21H30O/c1-4-14-5-7-18-17-8-6-15-12-16(22)9-10-21(15,3)19(17)11-13(2)20(14)18/h4-5,13,15,17-20H,1,6-12H2,2-3H3/t13-,15?,17?,18?,19?,20?,21+/m1/s1. The van der Waals surface area contributed by atoms with Crippen molar-refractivity contribution in [2.24, 2.45) is 40.9 Å². The van der Waals surface area contributed by atoms with Gasteiger partial charge in [0.1, 0.15) is 5.78 Å². The Morgan fingerprint density at radius 3 is 2.91 bits per heavy atom. The summed E-state index contributed by atoms with van der Waals surface area (Å²) in [6.07, 6.45) is 12.8. The van der Waals surface area contributed by atoms with Gasteiger partial charge in [-0.25, -0.2) is 0 Å². The zero-order valence-corrected chi connectivity index (χ0v) is 14.2. The van der Waals surface area contributed by atoms with Crippen molar-refractivity contribution in [3.63, 3.8) is 0 Å². The van der Waals surface area contributed by atoms with Crippen molar-refractivity contribution in [3.05, 3.63) is 24.3 Å². The molecule has 3 fully saturated rings. The molecule has 0 radical (unpaired) electrons. The first-order valence-electron chi connectivity index (χ1n) is 9.38. The van der Waals surface area contributed by atoms with Gasteiger partial charge in [-0.05, 0) is 78.6 Å². The molecule has 4 rings (SSSR count). The minimum absolute atomic E-state index is 0.437. The van der Waals surface area contributed by atoms with E-state index in [0.717, 1.165) is 48.9 Å². The molecule has 0 amide bonds. The van der Waals surface area contributed by atoms with Crippen LogP contribution in [-0.4, -0.2) is 5.78 Å². The van der Waals surface area contributed by atoms with Crippen LogP contribution in [0, 0.1) is 40.9 Å². The largest absolute Gasteiger partial charge is 0.300 e. The first-order valence-corrected chi connectivity index (χ1v) is 9.38. The number of allylic oxidation sites excluding steroid dienone is 3. The Balaban J connectivity index is 1.64. The molecule has 4 aliphatic carbocycles. The van der Waals surface area contributed by atoms with Crippen LogP contribution in [0.25, 0.3) is 0 Å². The molecule has 3 saturated carbocycles. The number of carbonyl (C=O) groups is 1. The number of hydrogen-bond acceptors (Lipinski definition) is 1. The Morgan fingerprint density at radius 1 is 1.32 bits per heavy atom. The number of Topliss-reactive ketones (excluding diaryl/α,β-unsaturated/α-hetero) is 1. The Hall–Kier alpha value is -0.850. The highest BCUT2D eigenvalue weighted by Gasteiger charge is 2.56. The van der Waals surface area contributed by atoms with Gasteiger partial charge in [0.2, 0.25) is 0 Å². The van der Waals surface area contributed by atoms with E-state index in [0.29, 0.717) is 17.1 Å². The predicted octanol–water partition coefficient (Wildman–Crippen LogP) is 5.18. The summed E-state index contributed by atoms with van der Waals surface area (Å²) in [6.45, 7) is 9.06. The van der Waals surface area contributed by atoms with Crippen LogP contribution in [0.2, 0.25) is 0 Å². The second-order valence-electron chi connectivity index (χ2n) is 8.84. The van der Waals surface area contributed by atoms with Gasteiger partial charge >= 0.3 is 0 Å². The third-order valence-electron chi connectivity index (χ3n) is 8.06. The number of hydrogen-bond donors (Lipinski definition) is 0. The molecule has 1 heteroatoms. The zero-order valence-electron chi connectivity index (χ0n) is 14.2. The van der Waals surface area contributed by atoms with Gasteiger partial charge in [0.15, 0.2) is 0 Å². The number of carbonyl (C=O) groups excluding carboxylic acids is 1. The van der Waals surface area contributed by atoms with E-state index in [-0.39, 0.29) is 0 Å². The van der Waals surface area contributed by atoms with Crippen LogP contribution < -0.4 is 0 Å². The Morgan fingerprint density at radius 2 is 2.14 bits per heavy atom. The van der Waals surface area contributed by atoms with Crippen LogP contribution in [-0.2, 0) is 4.79 Å². The maximum atomic E-state index is 11.9. The maximum Gasteiger partial charge on any atom is 0.133 e. The van der Waals surface area contributed by atoms with Gasteiger partial charge in [-0.15, -0.1) is 0 Å². The van der Waals surface area contributed by atoms with E-state index in [1.54, 1.807) is 0 Å². The van der Waals surface area contributed by atoms with E-state index >= 15 is 0 Å². The Kier molecular flexibility index (Phi) is 3.40. The first kappa shape index (κ1) is 14.7. The lowest BCUT2D eigenvalue weighted by molar-refractivity contribution is -0.136. The summed E-state index contributed by atoms with van der Waals surface area (Å²) < 4.78 is 0. The predicted molar refractivity (Wildman–Crippen MR) is 90.3 cm³/mol. The van der Waals surface area contributed by atoms with Crippen molar-refractivity contribution < 1.29 is 4.79 Å². The first-order chi connectivity index (χ1) is 10.5. The third-order valence-corrected chi connectivity index (χ3v) is 8.06. The van der Waals surface area contributed by atoms with Crippen LogP contribution in [0.5, 0.6) is 0 Å². The van der Waals surface area contributed by atoms with Crippen molar-refractivity contribution in [3.8, 4) is 0 Å². The van der Waals surface area contributed by atoms with Crippen LogP contribution >= 0.6 is 0 Å². The lowest BCUT2D eigenvalue weighted by atomic mass is 9.45. The second kappa shape index (κ2) is 5.08. The van der Waals surface area contributed by atoms with Crippen LogP contribution in [0.4, 0.5) is 0 Å². The number of ketones is 1. The van der Waals surface area contributed by atoms with E-state index < -0.39 is 0 Å². The van der Waals surface area contributed by atoms with E-state index in [1.165, 1.54) is 31.3 Å². The van der Waals surface area contributed by atoms with Gasteiger partial charge in [0.05, 0.1) is 0 Å². The molecule has 4 aliphatic rings. The molecule has 0 N–H and O–H groups in total. The molecule has 120 valence electrons. The van der Waals surface area contributed by atoms with Gasteiger partial charge in [0, 0.05) is 12.8 Å². The molecule has 0 saturated heterocycles. The topological polar surface area (TPSA) is 17.1 Å². The molecule has 22 heavy (non-hydrogen) atoms. The summed E-state index contributed by atoms with van der Waals surface area (Å²) in [5, 5.41) is 0. The number of fused-ring (bicyclic) bond motifs is 5. The highest BCUT2D eigenvalue weighted by atomic mass is 16.1. The maximum absolute atomic E-state index is 11.9. The minimum Gasteiger partial charge on any atom is -0.300 e. The van der Waals surface area contributed by atoms with Crippen LogP contribution in [0.3, 0.4) is 0 Å². The van der Waals surface area contributed by atoms with Crippen molar-refractivity contribution in [1.82, 2.24) is 0 Å². The van der Waals surface area contributed by atoms with Crippen molar-refractivity contribution in [2.45, 2.75) is 58.8 Å². The van der Waals surface area contributed by atoms with Gasteiger partial charge in [-0.3, -0.25) is 4.79 Å². The van der Waals surface area contributed by atoms with Crippen molar-refractivity contribution in [1.29, 1.82) is 0 Å². The zero-order chi connectivity index (χ0) is 15.5. The summed E-state index contributed by atoms with van der Waals surface area (Å²) in [7, 11) is 0. The molecule has 0 aromatic heterocycles. The summed E-state index contributed by atoms with van der Waals surface area (Å²) in [6, 6.07) is 0. The van der Waals surface area contributed by atoms with E-state index in [2.05, 4.69) is 32.6 Å². The van der Waals surface area contributed by atoms with Gasteiger partial charge < -0.3 is 0 Å². The SMILES string of the molecule is C=CC1=CCC2C3CCC4CC(=O)CC[C@]4(C)C3C[C@@H](C)C12. The van der Waals surface area contributed by atoms with E-state index in [9.17, 15) is 4.79 Å². The van der Waals surface area contributed by atoms with Crippen molar-refractivity contribution in [2.75, 3.05) is 0 Å². The highest BCUT2D eigenvalue weighted by Crippen LogP contribution is 2.63. The smallest absolute Gasteiger partial charge is 0.133 e. The lowest BCUT2D eigenvalue weighted by Crippen LogP contribution is -2.52. The fourth-order valence-corrected chi connectivity index (χ4v) is 6.94. The molecule has 0 spiro atoms. The summed E-state index contributed by atoms with van der Waals surface area (Å²) in [5.41, 5.74) is 1.97. The summed E-state index contributed by atoms with van der Waals surface area (Å²) in [4.78, 5) is 11.9. The molecule has 0 aliphatic heterocycles. The Bertz CT molecular complexity index is 530. The normalized spacial score (nSPS) is 50.6. The monoisotopic (exact) mass is 298 g/mol. The fourth-order valence-electron chi connectivity index (χ4n) is 6.94. The van der Waals surface area contributed by atoms with E-state index in [4.69, 9.17) is 0 Å². The minimum atomic E-state index is 0.437. The molecular formula is C21H30O. The van der Waals surface area contributed by atoms with Gasteiger partial charge in [-0.2, -0.15) is 0 Å². The summed E-state index contributed by atoms with van der Waals surface area (Å²) in [5.74, 6) is 5.36. The van der Waals surface area contributed by atoms with Gasteiger partial charge in [-0.1, -0.05) is 32.6 Å². The molecular weight excluding hydrogens is 268 g/mol. The van der Waals surface area contributed by atoms with Crippen LogP contribution in [0.1, 0.15) is 58.8 Å². The van der Waals surface area contributed by atoms with Gasteiger partial charge in [0.25, 0.3) is 0 Å². The molecule has 0 bridgehead atoms. The van der Waals surface area contributed by atoms with E-state index in [1.807, 2.05) is 0 Å². The lowest BCUT2D eigenvalue weighted by Gasteiger charge is -2.59. The van der Waals surface area contributed by atoms with Crippen LogP contribution in [0.15, 0.2) is 24.3 Å². The Labute approximate surface area is 135 Å². The van der Waals surface area contributed by atoms with Crippen molar-refractivity contribution >= 4 is 5.78 Å². The molecule has 0 aromatic carbocycles. The second-order valence-corrected chi connectivity index (χ2v) is 8.84. The number of rotatable bonds is 1.